The van der Waals surface area contributed by atoms with Crippen molar-refractivity contribution in [3.8, 4) is 11.1 Å². The Kier molecular flexibility index (Phi) is 2.24. The van der Waals surface area contributed by atoms with Gasteiger partial charge in [-0.05, 0) is 70.4 Å². The van der Waals surface area contributed by atoms with Crippen LogP contribution in [-0.4, -0.2) is 5.71 Å². The highest BCUT2D eigenvalue weighted by Gasteiger charge is 2.31. The van der Waals surface area contributed by atoms with Crippen LogP contribution in [-0.2, 0) is 0 Å². The standard InChI is InChI=1S/C21H19N/c1-21(2)8-7-16-18-11-17-14(10-19(18)22-20(16)12-21)9-13-5-3-4-6-15(13)17/h3-6,9-11H,7-8,12H2,1-2H3. The fourth-order valence-corrected chi connectivity index (χ4v) is 4.13. The van der Waals surface area contributed by atoms with E-state index in [2.05, 4.69) is 56.3 Å². The average molecular weight is 285 g/mol. The zero-order valence-corrected chi connectivity index (χ0v) is 13.1. The molecule has 1 saturated carbocycles. The van der Waals surface area contributed by atoms with E-state index in [0.717, 1.165) is 6.42 Å². The van der Waals surface area contributed by atoms with Gasteiger partial charge in [0.1, 0.15) is 0 Å². The molecule has 0 saturated heterocycles. The topological polar surface area (TPSA) is 12.4 Å². The lowest BCUT2D eigenvalue weighted by molar-refractivity contribution is 0.347. The Bertz CT molecular complexity index is 973. The molecule has 3 aliphatic rings. The minimum atomic E-state index is 0.395. The molecule has 22 heavy (non-hydrogen) atoms. The van der Waals surface area contributed by atoms with E-state index in [1.807, 2.05) is 0 Å². The van der Waals surface area contributed by atoms with Crippen molar-refractivity contribution in [3.05, 3.63) is 52.4 Å². The molecule has 0 unspecified atom stereocenters. The van der Waals surface area contributed by atoms with E-state index in [4.69, 9.17) is 4.99 Å². The van der Waals surface area contributed by atoms with Crippen molar-refractivity contribution in [1.82, 2.24) is 0 Å². The molecule has 0 bridgehead atoms. The van der Waals surface area contributed by atoms with Gasteiger partial charge in [-0.2, -0.15) is 0 Å². The van der Waals surface area contributed by atoms with E-state index in [9.17, 15) is 0 Å². The number of aliphatic imine (C=N–C) groups is 1. The molecule has 2 aromatic rings. The molecule has 1 aliphatic heterocycles. The fraction of sp³-hybridized carbons (Fsp3) is 0.286. The molecule has 0 N–H and O–H groups in total. The van der Waals surface area contributed by atoms with E-state index in [1.165, 1.54) is 56.9 Å². The Morgan fingerprint density at radius 2 is 1.91 bits per heavy atom. The summed E-state index contributed by atoms with van der Waals surface area (Å²) in [6.45, 7) is 4.72. The van der Waals surface area contributed by atoms with Gasteiger partial charge in [0.25, 0.3) is 0 Å². The number of rotatable bonds is 0. The molecule has 1 fully saturated rings. The Balaban J connectivity index is 1.75. The normalized spacial score (nSPS) is 19.7. The molecule has 1 heterocycles. The van der Waals surface area contributed by atoms with Gasteiger partial charge in [-0.1, -0.05) is 38.1 Å². The van der Waals surface area contributed by atoms with Crippen molar-refractivity contribution >= 4 is 23.0 Å². The Hall–Kier alpha value is -2.15. The van der Waals surface area contributed by atoms with Crippen LogP contribution in [0.25, 0.3) is 22.8 Å². The third kappa shape index (κ3) is 1.62. The van der Waals surface area contributed by atoms with Crippen molar-refractivity contribution in [3.63, 3.8) is 0 Å². The molecular formula is C21H19N. The Labute approximate surface area is 130 Å². The summed E-state index contributed by atoms with van der Waals surface area (Å²) in [6.07, 6.45) is 5.84. The maximum atomic E-state index is 4.97. The van der Waals surface area contributed by atoms with Crippen LogP contribution in [0.4, 0.5) is 5.69 Å². The average Bonchev–Trinajstić information content (AvgIpc) is 3.00. The zero-order valence-electron chi connectivity index (χ0n) is 13.1. The zero-order chi connectivity index (χ0) is 14.9. The SMILES string of the molecule is CC1(C)CCC2=c3cc4c(cc3N=C2C1)=Cc1ccccc1-4. The number of fused-ring (bicyclic) bond motifs is 5. The van der Waals surface area contributed by atoms with Crippen molar-refractivity contribution in [1.29, 1.82) is 0 Å². The number of hydrogen-bond donors (Lipinski definition) is 0. The van der Waals surface area contributed by atoms with Crippen LogP contribution in [0, 0.1) is 5.41 Å². The van der Waals surface area contributed by atoms with Gasteiger partial charge in [0.2, 0.25) is 0 Å². The number of hydrogen-bond acceptors (Lipinski definition) is 1. The predicted molar refractivity (Wildman–Crippen MR) is 92.8 cm³/mol. The molecule has 0 amide bonds. The molecule has 0 spiro atoms. The lowest BCUT2D eigenvalue weighted by Gasteiger charge is -2.30. The second-order valence-electron chi connectivity index (χ2n) is 7.57. The van der Waals surface area contributed by atoms with Crippen LogP contribution in [0.1, 0.15) is 38.7 Å². The first-order chi connectivity index (χ1) is 10.6. The van der Waals surface area contributed by atoms with Gasteiger partial charge in [0, 0.05) is 10.9 Å². The second kappa shape index (κ2) is 3.98. The molecule has 1 nitrogen and oxygen atoms in total. The van der Waals surface area contributed by atoms with Crippen molar-refractivity contribution in [2.75, 3.05) is 0 Å². The van der Waals surface area contributed by atoms with E-state index in [0.29, 0.717) is 5.41 Å². The largest absolute Gasteiger partial charge is 0.252 e. The predicted octanol–water partition coefficient (Wildman–Crippen LogP) is 3.94. The summed E-state index contributed by atoms with van der Waals surface area (Å²) in [5, 5.41) is 2.71. The monoisotopic (exact) mass is 285 g/mol. The molecule has 0 radical (unpaired) electrons. The van der Waals surface area contributed by atoms with Gasteiger partial charge in [-0.3, -0.25) is 4.99 Å². The molecule has 2 aliphatic carbocycles. The summed E-state index contributed by atoms with van der Waals surface area (Å²) in [6, 6.07) is 13.4. The van der Waals surface area contributed by atoms with Crippen molar-refractivity contribution in [2.45, 2.75) is 33.1 Å². The highest BCUT2D eigenvalue weighted by molar-refractivity contribution is 6.22. The highest BCUT2D eigenvalue weighted by Crippen LogP contribution is 2.39. The first-order valence-electron chi connectivity index (χ1n) is 8.17. The third-order valence-corrected chi connectivity index (χ3v) is 5.36. The molecular weight excluding hydrogens is 266 g/mol. The van der Waals surface area contributed by atoms with Gasteiger partial charge < -0.3 is 0 Å². The van der Waals surface area contributed by atoms with E-state index in [1.54, 1.807) is 0 Å². The Morgan fingerprint density at radius 3 is 2.82 bits per heavy atom. The molecule has 108 valence electrons. The summed E-state index contributed by atoms with van der Waals surface area (Å²) in [4.78, 5) is 4.97. The summed E-state index contributed by atoms with van der Waals surface area (Å²) in [5.74, 6) is 0. The summed E-state index contributed by atoms with van der Waals surface area (Å²) in [7, 11) is 0. The van der Waals surface area contributed by atoms with Gasteiger partial charge in [-0.25, -0.2) is 0 Å². The van der Waals surface area contributed by atoms with Crippen LogP contribution in [0.3, 0.4) is 0 Å². The maximum absolute atomic E-state index is 4.97. The fourth-order valence-electron chi connectivity index (χ4n) is 4.13. The van der Waals surface area contributed by atoms with Gasteiger partial charge in [-0.15, -0.1) is 0 Å². The molecule has 2 aromatic carbocycles. The van der Waals surface area contributed by atoms with Crippen molar-refractivity contribution in [2.24, 2.45) is 10.4 Å². The third-order valence-electron chi connectivity index (χ3n) is 5.36. The maximum Gasteiger partial charge on any atom is 0.0715 e. The van der Waals surface area contributed by atoms with Gasteiger partial charge >= 0.3 is 0 Å². The minimum absolute atomic E-state index is 0.395. The van der Waals surface area contributed by atoms with Crippen LogP contribution in [0.5, 0.6) is 0 Å². The smallest absolute Gasteiger partial charge is 0.0715 e. The lowest BCUT2D eigenvalue weighted by Crippen LogP contribution is -2.25. The molecule has 0 atom stereocenters. The molecule has 1 heteroatoms. The van der Waals surface area contributed by atoms with Crippen molar-refractivity contribution < 1.29 is 0 Å². The number of benzene rings is 2. The summed E-state index contributed by atoms with van der Waals surface area (Å²) >= 11 is 0. The van der Waals surface area contributed by atoms with Gasteiger partial charge in [0.05, 0.1) is 5.69 Å². The summed E-state index contributed by atoms with van der Waals surface area (Å²) in [5.41, 5.74) is 8.50. The first kappa shape index (κ1) is 12.4. The number of nitrogens with zero attached hydrogens (tertiary/aromatic N) is 1. The van der Waals surface area contributed by atoms with Crippen LogP contribution in [0.15, 0.2) is 41.4 Å². The van der Waals surface area contributed by atoms with Crippen LogP contribution in [0.2, 0.25) is 0 Å². The Morgan fingerprint density at radius 1 is 1.05 bits per heavy atom. The molecule has 5 rings (SSSR count). The van der Waals surface area contributed by atoms with E-state index < -0.39 is 0 Å². The second-order valence-corrected chi connectivity index (χ2v) is 7.57. The van der Waals surface area contributed by atoms with Crippen LogP contribution < -0.4 is 10.4 Å². The first-order valence-corrected chi connectivity index (χ1v) is 8.17. The lowest BCUT2D eigenvalue weighted by atomic mass is 9.74. The van der Waals surface area contributed by atoms with E-state index >= 15 is 0 Å². The van der Waals surface area contributed by atoms with Crippen LogP contribution >= 0.6 is 0 Å². The van der Waals surface area contributed by atoms with Gasteiger partial charge in [0.15, 0.2) is 0 Å². The minimum Gasteiger partial charge on any atom is -0.252 e. The van der Waals surface area contributed by atoms with E-state index in [-0.39, 0.29) is 0 Å². The molecule has 0 aromatic heterocycles. The summed E-state index contributed by atoms with van der Waals surface area (Å²) < 4.78 is 0. The highest BCUT2D eigenvalue weighted by atomic mass is 14.8. The quantitative estimate of drug-likeness (QED) is 0.593.